The number of likely N-dealkylation sites (N-methyl/N-ethyl adjacent to an activating group) is 2. The molecule has 0 aliphatic carbocycles. The van der Waals surface area contributed by atoms with Crippen LogP contribution in [0.3, 0.4) is 0 Å². The van der Waals surface area contributed by atoms with Crippen LogP contribution in [0.5, 0.6) is 0 Å². The summed E-state index contributed by atoms with van der Waals surface area (Å²) in [5, 5.41) is 3.14. The van der Waals surface area contributed by atoms with Crippen molar-refractivity contribution in [3.05, 3.63) is 28.8 Å². The maximum atomic E-state index is 12.5. The lowest BCUT2D eigenvalue weighted by Gasteiger charge is -2.23. The predicted molar refractivity (Wildman–Crippen MR) is 102 cm³/mol. The Balaban J connectivity index is 2.02. The molecule has 0 saturated carbocycles. The van der Waals surface area contributed by atoms with Gasteiger partial charge in [-0.05, 0) is 38.5 Å². The summed E-state index contributed by atoms with van der Waals surface area (Å²) in [5.74, 6) is -3.08. The highest BCUT2D eigenvalue weighted by Gasteiger charge is 2.44. The molecule has 1 aliphatic rings. The van der Waals surface area contributed by atoms with Gasteiger partial charge in [-0.25, -0.2) is 9.69 Å². The van der Waals surface area contributed by atoms with Crippen LogP contribution in [0.25, 0.3) is 0 Å². The monoisotopic (exact) mass is 408 g/mol. The van der Waals surface area contributed by atoms with Crippen molar-refractivity contribution in [3.63, 3.8) is 0 Å². The molecule has 1 N–H and O–H groups in total. The highest BCUT2D eigenvalue weighted by atomic mass is 35.5. The quantitative estimate of drug-likeness (QED) is 0.539. The smallest absolute Gasteiger partial charge is 0.332 e. The standard InChI is InChI=1S/C18H21ClN4O5/c1-4-21(9-14(24)20-13-8-12(19)7-6-11(13)3)15(25)10-23-17(27)16(26)22(5-2)18(23)28/h6-8H,4-5,9-10H2,1-3H3,(H,20,24). The molecule has 28 heavy (non-hydrogen) atoms. The summed E-state index contributed by atoms with van der Waals surface area (Å²) < 4.78 is 0. The fourth-order valence-corrected chi connectivity index (χ4v) is 2.84. The van der Waals surface area contributed by atoms with Gasteiger partial charge in [-0.15, -0.1) is 0 Å². The normalized spacial score (nSPS) is 13.9. The number of halogens is 1. The third-order valence-electron chi connectivity index (χ3n) is 4.29. The minimum absolute atomic E-state index is 0.0347. The van der Waals surface area contributed by atoms with E-state index in [1.54, 1.807) is 39.0 Å². The molecule has 1 fully saturated rings. The molecule has 1 aromatic carbocycles. The third kappa shape index (κ3) is 4.48. The number of hydrogen-bond acceptors (Lipinski definition) is 5. The average molecular weight is 409 g/mol. The number of nitrogens with zero attached hydrogens (tertiary/aromatic N) is 3. The maximum absolute atomic E-state index is 12.5. The molecule has 10 heteroatoms. The van der Waals surface area contributed by atoms with E-state index in [0.717, 1.165) is 10.5 Å². The van der Waals surface area contributed by atoms with Crippen LogP contribution < -0.4 is 5.32 Å². The third-order valence-corrected chi connectivity index (χ3v) is 4.52. The molecule has 1 saturated heterocycles. The van der Waals surface area contributed by atoms with Crippen LogP contribution in [0, 0.1) is 6.92 Å². The number of benzene rings is 1. The van der Waals surface area contributed by atoms with Gasteiger partial charge in [-0.3, -0.25) is 24.1 Å². The molecule has 150 valence electrons. The summed E-state index contributed by atoms with van der Waals surface area (Å²) >= 11 is 5.93. The summed E-state index contributed by atoms with van der Waals surface area (Å²) in [7, 11) is 0. The van der Waals surface area contributed by atoms with Gasteiger partial charge in [0.1, 0.15) is 6.54 Å². The van der Waals surface area contributed by atoms with Crippen LogP contribution in [0.1, 0.15) is 19.4 Å². The Hall–Kier alpha value is -2.94. The second kappa shape index (κ2) is 8.83. The second-order valence-corrected chi connectivity index (χ2v) is 6.58. The van der Waals surface area contributed by atoms with Gasteiger partial charge in [0, 0.05) is 23.8 Å². The minimum atomic E-state index is -1.05. The van der Waals surface area contributed by atoms with E-state index in [0.29, 0.717) is 15.6 Å². The fraction of sp³-hybridized carbons (Fsp3) is 0.389. The molecule has 0 atom stereocenters. The summed E-state index contributed by atoms with van der Waals surface area (Å²) in [6.45, 7) is 4.35. The zero-order valence-corrected chi connectivity index (χ0v) is 16.6. The van der Waals surface area contributed by atoms with E-state index in [4.69, 9.17) is 11.6 Å². The molecule has 0 bridgehead atoms. The Labute approximate surface area is 167 Å². The van der Waals surface area contributed by atoms with Gasteiger partial charge in [0.2, 0.25) is 11.8 Å². The van der Waals surface area contributed by atoms with Crippen molar-refractivity contribution in [2.75, 3.05) is 31.5 Å². The van der Waals surface area contributed by atoms with Crippen LogP contribution in [0.4, 0.5) is 10.5 Å². The van der Waals surface area contributed by atoms with Crippen molar-refractivity contribution in [3.8, 4) is 0 Å². The van der Waals surface area contributed by atoms with Crippen molar-refractivity contribution in [1.82, 2.24) is 14.7 Å². The van der Waals surface area contributed by atoms with E-state index in [2.05, 4.69) is 5.32 Å². The lowest BCUT2D eigenvalue weighted by atomic mass is 10.2. The fourth-order valence-electron chi connectivity index (χ4n) is 2.67. The zero-order chi connectivity index (χ0) is 21.0. The molecule has 0 unspecified atom stereocenters. The van der Waals surface area contributed by atoms with Gasteiger partial charge < -0.3 is 10.2 Å². The van der Waals surface area contributed by atoms with Crippen LogP contribution in [0.2, 0.25) is 5.02 Å². The van der Waals surface area contributed by atoms with Crippen LogP contribution in [-0.2, 0) is 19.2 Å². The Morgan fingerprint density at radius 3 is 2.32 bits per heavy atom. The van der Waals surface area contributed by atoms with Crippen LogP contribution >= 0.6 is 11.6 Å². The van der Waals surface area contributed by atoms with Crippen molar-refractivity contribution >= 4 is 46.9 Å². The van der Waals surface area contributed by atoms with Gasteiger partial charge in [-0.2, -0.15) is 0 Å². The molecule has 9 nitrogen and oxygen atoms in total. The molecule has 1 heterocycles. The molecule has 2 rings (SSSR count). The topological polar surface area (TPSA) is 107 Å². The molecule has 1 aliphatic heterocycles. The molecule has 0 spiro atoms. The first kappa shape index (κ1) is 21.4. The lowest BCUT2D eigenvalue weighted by Crippen LogP contribution is -2.45. The lowest BCUT2D eigenvalue weighted by molar-refractivity contribution is -0.145. The predicted octanol–water partition coefficient (Wildman–Crippen LogP) is 1.25. The number of imide groups is 2. The Kier molecular flexibility index (Phi) is 6.74. The molecule has 0 aromatic heterocycles. The van der Waals surface area contributed by atoms with Gasteiger partial charge in [0.15, 0.2) is 0 Å². The Bertz CT molecular complexity index is 841. The van der Waals surface area contributed by atoms with E-state index in [1.165, 1.54) is 4.90 Å². The first-order valence-corrected chi connectivity index (χ1v) is 9.08. The van der Waals surface area contributed by atoms with Crippen molar-refractivity contribution in [2.45, 2.75) is 20.8 Å². The first-order valence-electron chi connectivity index (χ1n) is 8.70. The number of aryl methyl sites for hydroxylation is 1. The van der Waals surface area contributed by atoms with Crippen LogP contribution in [0.15, 0.2) is 18.2 Å². The Morgan fingerprint density at radius 2 is 1.75 bits per heavy atom. The number of urea groups is 1. The number of anilines is 1. The molecular formula is C18H21ClN4O5. The van der Waals surface area contributed by atoms with E-state index in [-0.39, 0.29) is 19.6 Å². The van der Waals surface area contributed by atoms with Crippen molar-refractivity contribution in [2.24, 2.45) is 0 Å². The number of carbonyl (C=O) groups is 5. The first-order chi connectivity index (χ1) is 13.2. The molecular weight excluding hydrogens is 388 g/mol. The second-order valence-electron chi connectivity index (χ2n) is 6.14. The number of hydrogen-bond donors (Lipinski definition) is 1. The van der Waals surface area contributed by atoms with Gasteiger partial charge in [0.25, 0.3) is 0 Å². The van der Waals surface area contributed by atoms with Gasteiger partial charge >= 0.3 is 17.8 Å². The summed E-state index contributed by atoms with van der Waals surface area (Å²) in [6.07, 6.45) is 0. The molecule has 1 aromatic rings. The number of carbonyl (C=O) groups excluding carboxylic acids is 5. The highest BCUT2D eigenvalue weighted by molar-refractivity contribution is 6.45. The number of rotatable bonds is 7. The largest absolute Gasteiger partial charge is 0.334 e. The zero-order valence-electron chi connectivity index (χ0n) is 15.8. The summed E-state index contributed by atoms with van der Waals surface area (Å²) in [4.78, 5) is 63.1. The Morgan fingerprint density at radius 1 is 1.11 bits per heavy atom. The van der Waals surface area contributed by atoms with Crippen molar-refractivity contribution < 1.29 is 24.0 Å². The van der Waals surface area contributed by atoms with Gasteiger partial charge in [-0.1, -0.05) is 17.7 Å². The van der Waals surface area contributed by atoms with E-state index < -0.39 is 36.2 Å². The number of amides is 6. The van der Waals surface area contributed by atoms with E-state index >= 15 is 0 Å². The summed E-state index contributed by atoms with van der Waals surface area (Å²) in [6, 6.07) is 4.21. The molecule has 0 radical (unpaired) electrons. The highest BCUT2D eigenvalue weighted by Crippen LogP contribution is 2.20. The maximum Gasteiger partial charge on any atom is 0.334 e. The molecule has 6 amide bonds. The van der Waals surface area contributed by atoms with Crippen molar-refractivity contribution in [1.29, 1.82) is 0 Å². The number of nitrogens with one attached hydrogen (secondary N) is 1. The van der Waals surface area contributed by atoms with Gasteiger partial charge in [0.05, 0.1) is 6.54 Å². The van der Waals surface area contributed by atoms with E-state index in [1.807, 2.05) is 0 Å². The average Bonchev–Trinajstić information content (AvgIpc) is 2.85. The van der Waals surface area contributed by atoms with Crippen LogP contribution in [-0.4, -0.2) is 70.5 Å². The van der Waals surface area contributed by atoms with E-state index in [9.17, 15) is 24.0 Å². The SMILES string of the molecule is CCN(CC(=O)Nc1cc(Cl)ccc1C)C(=O)CN1C(=O)C(=O)N(CC)C1=O. The minimum Gasteiger partial charge on any atom is -0.332 e. The summed E-state index contributed by atoms with van der Waals surface area (Å²) in [5.41, 5.74) is 1.33.